The third-order valence-corrected chi connectivity index (χ3v) is 2.81. The minimum absolute atomic E-state index is 0. The fraction of sp³-hybridized carbons (Fsp3) is 0.364. The molecule has 0 bridgehead atoms. The molecule has 0 radical (unpaired) electrons. The molecule has 0 aliphatic carbocycles. The van der Waals surface area contributed by atoms with Gasteiger partial charge in [0.25, 0.3) is 0 Å². The van der Waals surface area contributed by atoms with Crippen molar-refractivity contribution in [2.24, 2.45) is 0 Å². The molecule has 0 saturated carbocycles. The summed E-state index contributed by atoms with van der Waals surface area (Å²) in [5.74, 6) is 0.383. The highest BCUT2D eigenvalue weighted by molar-refractivity contribution is 5.91. The van der Waals surface area contributed by atoms with Crippen LogP contribution in [0.5, 0.6) is 5.75 Å². The van der Waals surface area contributed by atoms with E-state index in [1.807, 2.05) is 13.0 Å². The number of halogens is 1. The molecule has 0 aromatic heterocycles. The maximum atomic E-state index is 11.7. The van der Waals surface area contributed by atoms with E-state index in [-0.39, 0.29) is 23.9 Å². The molecule has 15 heavy (non-hydrogen) atoms. The van der Waals surface area contributed by atoms with E-state index in [9.17, 15) is 9.90 Å². The summed E-state index contributed by atoms with van der Waals surface area (Å²) in [6.45, 7) is 2.57. The van der Waals surface area contributed by atoms with E-state index in [1.54, 1.807) is 18.2 Å². The molecular formula is C11H14ClNO2. The maximum Gasteiger partial charge on any atom is 0.158 e. The van der Waals surface area contributed by atoms with E-state index in [1.165, 1.54) is 0 Å². The Morgan fingerprint density at radius 2 is 2.20 bits per heavy atom. The van der Waals surface area contributed by atoms with E-state index in [4.69, 9.17) is 0 Å². The Kier molecular flexibility index (Phi) is 3.37. The molecule has 4 heteroatoms. The molecular weight excluding hydrogens is 214 g/mol. The number of aromatic hydroxyl groups is 1. The van der Waals surface area contributed by atoms with Crippen molar-refractivity contribution >= 4 is 18.2 Å². The predicted octanol–water partition coefficient (Wildman–Crippen LogP) is 1.59. The first-order valence-corrected chi connectivity index (χ1v) is 4.71. The van der Waals surface area contributed by atoms with Crippen LogP contribution in [-0.2, 0) is 10.3 Å². The van der Waals surface area contributed by atoms with Crippen molar-refractivity contribution in [2.75, 3.05) is 6.54 Å². The lowest BCUT2D eigenvalue weighted by Crippen LogP contribution is -2.38. The minimum atomic E-state index is -0.612. The van der Waals surface area contributed by atoms with Crippen LogP contribution in [0.3, 0.4) is 0 Å². The van der Waals surface area contributed by atoms with Crippen LogP contribution in [0.1, 0.15) is 18.9 Å². The normalized spacial score (nSPS) is 25.0. The lowest BCUT2D eigenvalue weighted by atomic mass is 9.89. The Morgan fingerprint density at radius 3 is 2.73 bits per heavy atom. The number of rotatable bonds is 1. The molecule has 0 amide bonds. The van der Waals surface area contributed by atoms with Crippen LogP contribution in [0.15, 0.2) is 24.3 Å². The van der Waals surface area contributed by atoms with Crippen molar-refractivity contribution in [2.45, 2.75) is 18.9 Å². The quantitative estimate of drug-likeness (QED) is 0.766. The Morgan fingerprint density at radius 1 is 1.47 bits per heavy atom. The van der Waals surface area contributed by atoms with Gasteiger partial charge >= 0.3 is 0 Å². The molecule has 0 spiro atoms. The molecule has 1 aromatic rings. The predicted molar refractivity (Wildman–Crippen MR) is 60.3 cm³/mol. The summed E-state index contributed by atoms with van der Waals surface area (Å²) in [5.41, 5.74) is 0.221. The summed E-state index contributed by atoms with van der Waals surface area (Å²) in [7, 11) is 0. The summed E-state index contributed by atoms with van der Waals surface area (Å²) in [6, 6.07) is 6.85. The topological polar surface area (TPSA) is 49.3 Å². The minimum Gasteiger partial charge on any atom is -0.508 e. The molecule has 2 N–H and O–H groups in total. The number of hydrogen-bond donors (Lipinski definition) is 2. The number of hydrogen-bond acceptors (Lipinski definition) is 3. The van der Waals surface area contributed by atoms with Crippen molar-refractivity contribution in [1.29, 1.82) is 0 Å². The number of nitrogens with one attached hydrogen (secondary N) is 1. The van der Waals surface area contributed by atoms with E-state index in [0.29, 0.717) is 13.0 Å². The summed E-state index contributed by atoms with van der Waals surface area (Å²) < 4.78 is 0. The largest absolute Gasteiger partial charge is 0.508 e. The van der Waals surface area contributed by atoms with Gasteiger partial charge in [-0.1, -0.05) is 12.1 Å². The summed E-state index contributed by atoms with van der Waals surface area (Å²) in [5, 5.41) is 12.5. The lowest BCUT2D eigenvalue weighted by molar-refractivity contribution is -0.122. The van der Waals surface area contributed by atoms with E-state index < -0.39 is 5.54 Å². The number of carbonyl (C=O) groups is 1. The van der Waals surface area contributed by atoms with Gasteiger partial charge in [0.1, 0.15) is 11.3 Å². The number of carbonyl (C=O) groups excluding carboxylic acids is 1. The summed E-state index contributed by atoms with van der Waals surface area (Å²) >= 11 is 0. The summed E-state index contributed by atoms with van der Waals surface area (Å²) in [4.78, 5) is 11.7. The standard InChI is InChI=1S/C11H13NO2.ClH/c1-11(10(14)5-6-12-11)8-3-2-4-9(13)7-8;/h2-4,7,12-13H,5-6H2,1H3;1H. The molecule has 1 saturated heterocycles. The molecule has 1 aliphatic heterocycles. The van der Waals surface area contributed by atoms with Gasteiger partial charge < -0.3 is 10.4 Å². The second kappa shape index (κ2) is 4.21. The molecule has 1 aromatic carbocycles. The fourth-order valence-corrected chi connectivity index (χ4v) is 1.85. The van der Waals surface area contributed by atoms with Crippen LogP contribution in [0.2, 0.25) is 0 Å². The zero-order chi connectivity index (χ0) is 10.2. The average molecular weight is 228 g/mol. The molecule has 1 aliphatic rings. The van der Waals surface area contributed by atoms with Gasteiger partial charge in [-0.15, -0.1) is 12.4 Å². The van der Waals surface area contributed by atoms with Gasteiger partial charge in [0.15, 0.2) is 5.78 Å². The molecule has 2 rings (SSSR count). The zero-order valence-electron chi connectivity index (χ0n) is 8.49. The molecule has 1 fully saturated rings. The second-order valence-corrected chi connectivity index (χ2v) is 3.78. The molecule has 1 unspecified atom stereocenters. The number of benzene rings is 1. The summed E-state index contributed by atoms with van der Waals surface area (Å²) in [6.07, 6.45) is 0.562. The van der Waals surface area contributed by atoms with Crippen LogP contribution < -0.4 is 5.32 Å². The molecule has 82 valence electrons. The highest BCUT2D eigenvalue weighted by atomic mass is 35.5. The smallest absolute Gasteiger partial charge is 0.158 e. The number of ketones is 1. The van der Waals surface area contributed by atoms with Crippen molar-refractivity contribution in [3.8, 4) is 5.75 Å². The second-order valence-electron chi connectivity index (χ2n) is 3.78. The zero-order valence-corrected chi connectivity index (χ0v) is 9.30. The molecule has 3 nitrogen and oxygen atoms in total. The van der Waals surface area contributed by atoms with E-state index in [0.717, 1.165) is 5.56 Å². The number of phenolic OH excluding ortho intramolecular Hbond substituents is 1. The Labute approximate surface area is 94.9 Å². The van der Waals surface area contributed by atoms with Gasteiger partial charge in [0.05, 0.1) is 0 Å². The first-order valence-electron chi connectivity index (χ1n) is 4.71. The van der Waals surface area contributed by atoms with Gasteiger partial charge in [-0.25, -0.2) is 0 Å². The van der Waals surface area contributed by atoms with Gasteiger partial charge in [-0.2, -0.15) is 0 Å². The third-order valence-electron chi connectivity index (χ3n) is 2.81. The fourth-order valence-electron chi connectivity index (χ4n) is 1.85. The van der Waals surface area contributed by atoms with Gasteiger partial charge in [-0.05, 0) is 24.6 Å². The Balaban J connectivity index is 0.00000112. The Bertz CT molecular complexity index is 381. The van der Waals surface area contributed by atoms with Gasteiger partial charge in [0, 0.05) is 13.0 Å². The molecule has 1 atom stereocenters. The van der Waals surface area contributed by atoms with Crippen LogP contribution >= 0.6 is 12.4 Å². The first kappa shape index (κ1) is 12.0. The SMILES string of the molecule is CC1(c2cccc(O)c2)NCCC1=O.Cl. The first-order chi connectivity index (χ1) is 6.63. The van der Waals surface area contributed by atoms with Crippen molar-refractivity contribution < 1.29 is 9.90 Å². The third kappa shape index (κ3) is 1.98. The van der Waals surface area contributed by atoms with E-state index >= 15 is 0 Å². The highest BCUT2D eigenvalue weighted by Gasteiger charge is 2.38. The van der Waals surface area contributed by atoms with Crippen molar-refractivity contribution in [3.63, 3.8) is 0 Å². The maximum absolute atomic E-state index is 11.7. The van der Waals surface area contributed by atoms with Crippen LogP contribution in [0.25, 0.3) is 0 Å². The van der Waals surface area contributed by atoms with Gasteiger partial charge in [-0.3, -0.25) is 4.79 Å². The van der Waals surface area contributed by atoms with Crippen LogP contribution in [-0.4, -0.2) is 17.4 Å². The van der Waals surface area contributed by atoms with Crippen LogP contribution in [0.4, 0.5) is 0 Å². The van der Waals surface area contributed by atoms with Crippen LogP contribution in [0, 0.1) is 0 Å². The molecule has 1 heterocycles. The lowest BCUT2D eigenvalue weighted by Gasteiger charge is -2.23. The van der Waals surface area contributed by atoms with E-state index in [2.05, 4.69) is 5.32 Å². The number of Topliss-reactive ketones (excluding diaryl/α,β-unsaturated/α-hetero) is 1. The monoisotopic (exact) mass is 227 g/mol. The van der Waals surface area contributed by atoms with Crippen molar-refractivity contribution in [1.82, 2.24) is 5.32 Å². The van der Waals surface area contributed by atoms with Gasteiger partial charge in [0.2, 0.25) is 0 Å². The highest BCUT2D eigenvalue weighted by Crippen LogP contribution is 2.28. The number of phenols is 1. The Hall–Kier alpha value is -1.06. The average Bonchev–Trinajstić information content (AvgIpc) is 2.49. The van der Waals surface area contributed by atoms with Crippen molar-refractivity contribution in [3.05, 3.63) is 29.8 Å².